The lowest BCUT2D eigenvalue weighted by Crippen LogP contribution is -2.18. The maximum Gasteiger partial charge on any atom is 0.275 e. The maximum absolute atomic E-state index is 12.9. The number of hydrogen-bond acceptors (Lipinski definition) is 4. The number of carbonyl (C=O) groups excluding carboxylic acids is 1. The van der Waals surface area contributed by atoms with E-state index in [0.717, 1.165) is 16.7 Å². The molecule has 0 fully saturated rings. The van der Waals surface area contributed by atoms with Crippen LogP contribution in [0.1, 0.15) is 27.0 Å². The largest absolute Gasteiger partial charge is 0.496 e. The number of rotatable bonds is 7. The molecule has 0 aliphatic carbocycles. The number of halogens is 1. The fourth-order valence-electron chi connectivity index (χ4n) is 2.61. The Kier molecular flexibility index (Phi) is 6.58. The summed E-state index contributed by atoms with van der Waals surface area (Å²) < 4.78 is 23.8. The normalized spacial score (nSPS) is 10.7. The first-order chi connectivity index (χ1) is 14.0. The van der Waals surface area contributed by atoms with Crippen molar-refractivity contribution >= 4 is 12.1 Å². The van der Waals surface area contributed by atoms with Gasteiger partial charge in [0.1, 0.15) is 23.9 Å². The third kappa shape index (κ3) is 5.65. The molecule has 5 nitrogen and oxygen atoms in total. The number of hydrogen-bond donors (Lipinski definition) is 1. The van der Waals surface area contributed by atoms with Crippen LogP contribution in [-0.2, 0) is 6.61 Å². The van der Waals surface area contributed by atoms with Gasteiger partial charge in [0, 0.05) is 0 Å². The molecule has 0 aliphatic heterocycles. The number of methoxy groups -OCH3 is 1. The van der Waals surface area contributed by atoms with E-state index in [9.17, 15) is 9.18 Å². The molecule has 0 atom stereocenters. The molecule has 0 bridgehead atoms. The molecular formula is C23H21FN2O3. The summed E-state index contributed by atoms with van der Waals surface area (Å²) >= 11 is 0. The minimum Gasteiger partial charge on any atom is -0.496 e. The van der Waals surface area contributed by atoms with Crippen LogP contribution in [0.5, 0.6) is 11.5 Å². The SMILES string of the molecule is COc1cc(C)ccc1C(=O)N/N=C\c1ccc(OCc2ccc(F)cc2)cc1. The average molecular weight is 392 g/mol. The third-order valence-corrected chi connectivity index (χ3v) is 4.18. The molecule has 3 rings (SSSR count). The summed E-state index contributed by atoms with van der Waals surface area (Å²) in [5.74, 6) is 0.558. The molecule has 0 spiro atoms. The molecule has 148 valence electrons. The second-order valence-electron chi connectivity index (χ2n) is 6.39. The second-order valence-corrected chi connectivity index (χ2v) is 6.39. The molecule has 0 radical (unpaired) electrons. The number of ether oxygens (including phenoxy) is 2. The topological polar surface area (TPSA) is 59.9 Å². The lowest BCUT2D eigenvalue weighted by atomic mass is 10.1. The van der Waals surface area contributed by atoms with Gasteiger partial charge in [-0.3, -0.25) is 4.79 Å². The van der Waals surface area contributed by atoms with Crippen LogP contribution in [0, 0.1) is 12.7 Å². The van der Waals surface area contributed by atoms with Gasteiger partial charge in [0.2, 0.25) is 0 Å². The zero-order valence-electron chi connectivity index (χ0n) is 16.2. The monoisotopic (exact) mass is 392 g/mol. The number of nitrogens with zero attached hydrogens (tertiary/aromatic N) is 1. The Morgan fingerprint density at radius 3 is 2.48 bits per heavy atom. The fourth-order valence-corrected chi connectivity index (χ4v) is 2.61. The summed E-state index contributed by atoms with van der Waals surface area (Å²) in [5.41, 5.74) is 5.60. The van der Waals surface area contributed by atoms with Gasteiger partial charge in [-0.15, -0.1) is 0 Å². The highest BCUT2D eigenvalue weighted by Crippen LogP contribution is 2.19. The molecule has 3 aromatic rings. The molecule has 1 N–H and O–H groups in total. The zero-order chi connectivity index (χ0) is 20.6. The Morgan fingerprint density at radius 2 is 1.79 bits per heavy atom. The number of amides is 1. The number of nitrogens with one attached hydrogen (secondary N) is 1. The van der Waals surface area contributed by atoms with Crippen LogP contribution in [0.15, 0.2) is 71.8 Å². The molecule has 0 aromatic heterocycles. The van der Waals surface area contributed by atoms with Crippen molar-refractivity contribution in [3.05, 3.63) is 94.8 Å². The van der Waals surface area contributed by atoms with Crippen LogP contribution in [0.3, 0.4) is 0 Å². The molecule has 0 saturated heterocycles. The number of hydrazone groups is 1. The van der Waals surface area contributed by atoms with Crippen molar-refractivity contribution < 1.29 is 18.7 Å². The molecule has 0 heterocycles. The Labute approximate surface area is 168 Å². The van der Waals surface area contributed by atoms with Crippen LogP contribution in [0.2, 0.25) is 0 Å². The predicted octanol–water partition coefficient (Wildman–Crippen LogP) is 4.49. The van der Waals surface area contributed by atoms with E-state index in [2.05, 4.69) is 10.5 Å². The van der Waals surface area contributed by atoms with Gasteiger partial charge < -0.3 is 9.47 Å². The summed E-state index contributed by atoms with van der Waals surface area (Å²) in [4.78, 5) is 12.3. The van der Waals surface area contributed by atoms with Crippen LogP contribution in [0.25, 0.3) is 0 Å². The van der Waals surface area contributed by atoms with E-state index in [1.165, 1.54) is 19.2 Å². The summed E-state index contributed by atoms with van der Waals surface area (Å²) in [6.45, 7) is 2.28. The Bertz CT molecular complexity index is 1000. The first-order valence-electron chi connectivity index (χ1n) is 9.00. The van der Waals surface area contributed by atoms with Crippen LogP contribution >= 0.6 is 0 Å². The van der Waals surface area contributed by atoms with E-state index in [0.29, 0.717) is 23.7 Å². The molecule has 3 aromatic carbocycles. The summed E-state index contributed by atoms with van der Waals surface area (Å²) in [6, 6.07) is 18.7. The smallest absolute Gasteiger partial charge is 0.275 e. The van der Waals surface area contributed by atoms with E-state index in [1.54, 1.807) is 42.6 Å². The van der Waals surface area contributed by atoms with Gasteiger partial charge in [-0.05, 0) is 72.1 Å². The highest BCUT2D eigenvalue weighted by molar-refractivity contribution is 5.97. The van der Waals surface area contributed by atoms with E-state index in [-0.39, 0.29) is 11.7 Å². The second kappa shape index (κ2) is 9.50. The third-order valence-electron chi connectivity index (χ3n) is 4.18. The Balaban J connectivity index is 1.54. The first kappa shape index (κ1) is 20.1. The zero-order valence-corrected chi connectivity index (χ0v) is 16.2. The van der Waals surface area contributed by atoms with Gasteiger partial charge >= 0.3 is 0 Å². The van der Waals surface area contributed by atoms with Gasteiger partial charge in [-0.1, -0.05) is 18.2 Å². The van der Waals surface area contributed by atoms with E-state index >= 15 is 0 Å². The summed E-state index contributed by atoms with van der Waals surface area (Å²) in [6.07, 6.45) is 1.54. The van der Waals surface area contributed by atoms with Crippen molar-refractivity contribution in [2.24, 2.45) is 5.10 Å². The molecule has 0 aliphatic rings. The van der Waals surface area contributed by atoms with Gasteiger partial charge in [0.05, 0.1) is 18.9 Å². The number of benzene rings is 3. The lowest BCUT2D eigenvalue weighted by Gasteiger charge is -2.08. The number of carbonyl (C=O) groups is 1. The van der Waals surface area contributed by atoms with Crippen LogP contribution in [0.4, 0.5) is 4.39 Å². The van der Waals surface area contributed by atoms with Crippen molar-refractivity contribution in [1.82, 2.24) is 5.43 Å². The molecule has 0 unspecified atom stereocenters. The van der Waals surface area contributed by atoms with Gasteiger partial charge in [0.25, 0.3) is 5.91 Å². The molecule has 0 saturated carbocycles. The number of aryl methyl sites for hydroxylation is 1. The van der Waals surface area contributed by atoms with Crippen LogP contribution < -0.4 is 14.9 Å². The first-order valence-corrected chi connectivity index (χ1v) is 9.00. The molecule has 29 heavy (non-hydrogen) atoms. The molecular weight excluding hydrogens is 371 g/mol. The van der Waals surface area contributed by atoms with Crippen molar-refractivity contribution in [3.63, 3.8) is 0 Å². The van der Waals surface area contributed by atoms with E-state index in [1.807, 2.05) is 25.1 Å². The quantitative estimate of drug-likeness (QED) is 0.476. The van der Waals surface area contributed by atoms with Gasteiger partial charge in [0.15, 0.2) is 0 Å². The highest BCUT2D eigenvalue weighted by Gasteiger charge is 2.11. The minimum atomic E-state index is -0.350. The maximum atomic E-state index is 12.9. The van der Waals surface area contributed by atoms with Gasteiger partial charge in [-0.25, -0.2) is 9.82 Å². The average Bonchev–Trinajstić information content (AvgIpc) is 2.74. The minimum absolute atomic E-state index is 0.273. The summed E-state index contributed by atoms with van der Waals surface area (Å²) in [7, 11) is 1.52. The van der Waals surface area contributed by atoms with Crippen LogP contribution in [-0.4, -0.2) is 19.2 Å². The Hall–Kier alpha value is -3.67. The molecule has 6 heteroatoms. The highest BCUT2D eigenvalue weighted by atomic mass is 19.1. The fraction of sp³-hybridized carbons (Fsp3) is 0.130. The van der Waals surface area contributed by atoms with E-state index in [4.69, 9.17) is 9.47 Å². The standard InChI is InChI=1S/C23H21FN2O3/c1-16-3-12-21(22(13-16)28-2)23(27)26-25-14-17-6-10-20(11-7-17)29-15-18-4-8-19(24)9-5-18/h3-14H,15H2,1-2H3,(H,26,27)/b25-14-. The van der Waals surface area contributed by atoms with E-state index < -0.39 is 0 Å². The Morgan fingerprint density at radius 1 is 1.07 bits per heavy atom. The lowest BCUT2D eigenvalue weighted by molar-refractivity contribution is 0.0952. The predicted molar refractivity (Wildman–Crippen MR) is 110 cm³/mol. The molecule has 1 amide bonds. The van der Waals surface area contributed by atoms with Gasteiger partial charge in [-0.2, -0.15) is 5.10 Å². The van der Waals surface area contributed by atoms with Crippen molar-refractivity contribution in [2.75, 3.05) is 7.11 Å². The van der Waals surface area contributed by atoms with Crippen molar-refractivity contribution in [3.8, 4) is 11.5 Å². The summed E-state index contributed by atoms with van der Waals surface area (Å²) in [5, 5.41) is 3.99. The van der Waals surface area contributed by atoms with Crippen molar-refractivity contribution in [1.29, 1.82) is 0 Å². The van der Waals surface area contributed by atoms with Crippen molar-refractivity contribution in [2.45, 2.75) is 13.5 Å².